The molecule has 1 aliphatic rings. The van der Waals surface area contributed by atoms with E-state index in [1.165, 1.54) is 18.3 Å². The summed E-state index contributed by atoms with van der Waals surface area (Å²) in [6.07, 6.45) is 1.76. The van der Waals surface area contributed by atoms with Crippen LogP contribution in [0.2, 0.25) is 0 Å². The normalized spacial score (nSPS) is 16.8. The van der Waals surface area contributed by atoms with Gasteiger partial charge in [0.15, 0.2) is 0 Å². The van der Waals surface area contributed by atoms with Crippen molar-refractivity contribution in [3.63, 3.8) is 0 Å². The van der Waals surface area contributed by atoms with Crippen molar-refractivity contribution < 1.29 is 13.6 Å². The summed E-state index contributed by atoms with van der Waals surface area (Å²) in [6.45, 7) is 5.19. The minimum absolute atomic E-state index is 0.121. The molecule has 8 heteroatoms. The Morgan fingerprint density at radius 3 is 2.92 bits per heavy atom. The molecule has 24 heavy (non-hydrogen) atoms. The Balaban J connectivity index is 1.81. The lowest BCUT2D eigenvalue weighted by atomic mass is 10.1. The highest BCUT2D eigenvalue weighted by Gasteiger charge is 2.26. The van der Waals surface area contributed by atoms with Crippen molar-refractivity contribution in [2.24, 2.45) is 5.92 Å². The molecule has 6 nitrogen and oxygen atoms in total. The summed E-state index contributed by atoms with van der Waals surface area (Å²) in [5.74, 6) is 0.764. The Morgan fingerprint density at radius 1 is 1.42 bits per heavy atom. The zero-order valence-electron chi connectivity index (χ0n) is 12.9. The fraction of sp³-hybridized carbons (Fsp3) is 0.312. The highest BCUT2D eigenvalue weighted by molar-refractivity contribution is 5.86. The highest BCUT2D eigenvalue weighted by atomic mass is 19.3. The number of rotatable bonds is 5. The summed E-state index contributed by atoms with van der Waals surface area (Å²) < 4.78 is 27.2. The van der Waals surface area contributed by atoms with Crippen LogP contribution in [0.4, 0.5) is 20.3 Å². The van der Waals surface area contributed by atoms with E-state index >= 15 is 0 Å². The van der Waals surface area contributed by atoms with Gasteiger partial charge in [0.2, 0.25) is 5.91 Å². The average molecular weight is 333 g/mol. The van der Waals surface area contributed by atoms with Crippen LogP contribution < -0.4 is 10.2 Å². The Morgan fingerprint density at radius 2 is 2.25 bits per heavy atom. The van der Waals surface area contributed by atoms with Crippen molar-refractivity contribution >= 4 is 17.4 Å². The van der Waals surface area contributed by atoms with E-state index in [1.807, 2.05) is 15.6 Å². The van der Waals surface area contributed by atoms with Gasteiger partial charge in [-0.1, -0.05) is 6.58 Å². The van der Waals surface area contributed by atoms with Crippen LogP contribution in [-0.2, 0) is 11.3 Å². The Kier molecular flexibility index (Phi) is 4.54. The maximum Gasteiger partial charge on any atom is 0.280 e. The fourth-order valence-corrected chi connectivity index (χ4v) is 2.72. The first-order chi connectivity index (χ1) is 11.6. The first kappa shape index (κ1) is 16.1. The average Bonchev–Trinajstić information content (AvgIpc) is 3.07. The molecule has 3 heterocycles. The molecule has 1 aliphatic heterocycles. The number of nitrogens with one attached hydrogen (secondary N) is 1. The lowest BCUT2D eigenvalue weighted by Gasteiger charge is -2.34. The van der Waals surface area contributed by atoms with E-state index in [2.05, 4.69) is 22.0 Å². The lowest BCUT2D eigenvalue weighted by molar-refractivity contribution is -0.116. The molecule has 0 saturated heterocycles. The van der Waals surface area contributed by atoms with Gasteiger partial charge in [-0.15, -0.1) is 0 Å². The van der Waals surface area contributed by atoms with E-state index in [9.17, 15) is 13.6 Å². The lowest BCUT2D eigenvalue weighted by Crippen LogP contribution is -2.41. The molecular weight excluding hydrogens is 316 g/mol. The molecule has 0 saturated carbocycles. The summed E-state index contributed by atoms with van der Waals surface area (Å²) in [5, 5.41) is 7.06. The number of amides is 1. The van der Waals surface area contributed by atoms with Crippen molar-refractivity contribution in [3.05, 3.63) is 48.9 Å². The highest BCUT2D eigenvalue weighted by Crippen LogP contribution is 2.31. The quantitative estimate of drug-likeness (QED) is 0.853. The summed E-state index contributed by atoms with van der Waals surface area (Å²) in [7, 11) is 0. The van der Waals surface area contributed by atoms with Crippen molar-refractivity contribution in [2.75, 3.05) is 18.0 Å². The van der Waals surface area contributed by atoms with Crippen LogP contribution in [-0.4, -0.2) is 33.8 Å². The van der Waals surface area contributed by atoms with Crippen molar-refractivity contribution in [3.8, 4) is 0 Å². The van der Waals surface area contributed by atoms with Crippen LogP contribution in [0.25, 0.3) is 0 Å². The van der Waals surface area contributed by atoms with Gasteiger partial charge < -0.3 is 10.2 Å². The molecule has 0 bridgehead atoms. The largest absolute Gasteiger partial charge is 0.352 e. The van der Waals surface area contributed by atoms with E-state index < -0.39 is 6.43 Å². The Hall–Kier alpha value is -2.77. The zero-order valence-corrected chi connectivity index (χ0v) is 12.9. The molecule has 0 spiro atoms. The molecule has 0 aliphatic carbocycles. The first-order valence-corrected chi connectivity index (χ1v) is 7.52. The monoisotopic (exact) mass is 333 g/mol. The Labute approximate surface area is 137 Å². The third kappa shape index (κ3) is 3.27. The number of carbonyl (C=O) groups is 1. The predicted octanol–water partition coefficient (Wildman–Crippen LogP) is 2.29. The number of pyridine rings is 1. The smallest absolute Gasteiger partial charge is 0.280 e. The van der Waals surface area contributed by atoms with Crippen LogP contribution in [0.5, 0.6) is 0 Å². The number of aromatic nitrogens is 3. The number of halogens is 2. The number of alkyl halides is 2. The summed E-state index contributed by atoms with van der Waals surface area (Å²) >= 11 is 0. The molecule has 0 aromatic carbocycles. The van der Waals surface area contributed by atoms with Gasteiger partial charge in [-0.25, -0.2) is 13.5 Å². The number of nitrogens with zero attached hydrogens (tertiary/aromatic N) is 4. The van der Waals surface area contributed by atoms with E-state index in [4.69, 9.17) is 0 Å². The minimum atomic E-state index is -2.59. The topological polar surface area (TPSA) is 63.1 Å². The number of hydrogen-bond donors (Lipinski definition) is 1. The van der Waals surface area contributed by atoms with Gasteiger partial charge in [0.05, 0.1) is 18.1 Å². The zero-order chi connectivity index (χ0) is 17.1. The maximum atomic E-state index is 12.7. The van der Waals surface area contributed by atoms with E-state index in [0.29, 0.717) is 25.3 Å². The molecule has 3 rings (SSSR count). The SMILES string of the molecule is C=CC(=O)NC[C@@H]1CN(c2ccc(C(F)F)nc2)c2ccnn2C1. The number of anilines is 2. The molecule has 0 radical (unpaired) electrons. The van der Waals surface area contributed by atoms with E-state index in [1.54, 1.807) is 12.3 Å². The maximum absolute atomic E-state index is 12.7. The van der Waals surface area contributed by atoms with Crippen molar-refractivity contribution in [2.45, 2.75) is 13.0 Å². The molecular formula is C16H17F2N5O. The molecule has 2 aromatic heterocycles. The predicted molar refractivity (Wildman–Crippen MR) is 85.1 cm³/mol. The van der Waals surface area contributed by atoms with Crippen LogP contribution >= 0.6 is 0 Å². The summed E-state index contributed by atoms with van der Waals surface area (Å²) in [6, 6.07) is 4.81. The number of fused-ring (bicyclic) bond motifs is 1. The van der Waals surface area contributed by atoms with Crippen LogP contribution in [0.3, 0.4) is 0 Å². The van der Waals surface area contributed by atoms with Gasteiger partial charge in [0.25, 0.3) is 6.43 Å². The molecule has 1 N–H and O–H groups in total. The van der Waals surface area contributed by atoms with Crippen LogP contribution in [0.15, 0.2) is 43.2 Å². The standard InChI is InChI=1S/C16H17F2N5O/c1-2-14(24)20-7-11-9-22(15-5-6-21-23(15)10-11)12-3-4-13(16(17)18)19-8-12/h2-6,8,11,16H,1,7,9-10H2,(H,20,24)/t11-/m1/s1. The van der Waals surface area contributed by atoms with Crippen LogP contribution in [0.1, 0.15) is 12.1 Å². The van der Waals surface area contributed by atoms with Gasteiger partial charge in [0.1, 0.15) is 11.5 Å². The van der Waals surface area contributed by atoms with Gasteiger partial charge in [0, 0.05) is 31.6 Å². The molecule has 126 valence electrons. The molecule has 0 unspecified atom stereocenters. The first-order valence-electron chi connectivity index (χ1n) is 7.52. The molecule has 0 fully saturated rings. The van der Waals surface area contributed by atoms with Gasteiger partial charge in [-0.3, -0.25) is 9.78 Å². The molecule has 1 atom stereocenters. The van der Waals surface area contributed by atoms with E-state index in [0.717, 1.165) is 5.82 Å². The van der Waals surface area contributed by atoms with Crippen LogP contribution in [0, 0.1) is 5.92 Å². The van der Waals surface area contributed by atoms with Gasteiger partial charge in [-0.05, 0) is 18.2 Å². The van der Waals surface area contributed by atoms with Gasteiger partial charge >= 0.3 is 0 Å². The Bertz CT molecular complexity index is 728. The van der Waals surface area contributed by atoms with Crippen molar-refractivity contribution in [1.29, 1.82) is 0 Å². The van der Waals surface area contributed by atoms with Gasteiger partial charge in [-0.2, -0.15) is 5.10 Å². The fourth-order valence-electron chi connectivity index (χ4n) is 2.72. The third-order valence-electron chi connectivity index (χ3n) is 3.90. The minimum Gasteiger partial charge on any atom is -0.352 e. The molecule has 1 amide bonds. The summed E-state index contributed by atoms with van der Waals surface area (Å²) in [5.41, 5.74) is 0.458. The summed E-state index contributed by atoms with van der Waals surface area (Å²) in [4.78, 5) is 17.1. The number of hydrogen-bond acceptors (Lipinski definition) is 4. The second kappa shape index (κ2) is 6.77. The van der Waals surface area contributed by atoms with Crippen molar-refractivity contribution in [1.82, 2.24) is 20.1 Å². The second-order valence-electron chi connectivity index (χ2n) is 5.54. The second-order valence-corrected chi connectivity index (χ2v) is 5.54. The third-order valence-corrected chi connectivity index (χ3v) is 3.90. The number of carbonyl (C=O) groups excluding carboxylic acids is 1. The van der Waals surface area contributed by atoms with E-state index in [-0.39, 0.29) is 17.5 Å². The molecule has 2 aromatic rings.